The molecule has 0 amide bonds. The van der Waals surface area contributed by atoms with Gasteiger partial charge in [-0.1, -0.05) is 55.5 Å². The zero-order valence-electron chi connectivity index (χ0n) is 15.7. The first kappa shape index (κ1) is 19.6. The van der Waals surface area contributed by atoms with E-state index in [1.165, 1.54) is 17.2 Å². The van der Waals surface area contributed by atoms with Gasteiger partial charge in [0.25, 0.3) is 0 Å². The molecule has 1 aromatic heterocycles. The molecule has 4 N–H and O–H groups in total. The van der Waals surface area contributed by atoms with Crippen LogP contribution in [0.2, 0.25) is 0 Å². The molecule has 0 saturated heterocycles. The second kappa shape index (κ2) is 8.69. The highest BCUT2D eigenvalue weighted by Gasteiger charge is 2.15. The largest absolute Gasteiger partial charge is 0.506 e. The lowest BCUT2D eigenvalue weighted by atomic mass is 10.0. The summed E-state index contributed by atoms with van der Waals surface area (Å²) in [5, 5.41) is 23.6. The number of aromatic amines is 1. The summed E-state index contributed by atoms with van der Waals surface area (Å²) in [6, 6.07) is 11.9. The smallest absolute Gasteiger partial charge is 0.305 e. The quantitative estimate of drug-likeness (QED) is 0.447. The fraction of sp³-hybridized carbons (Fsp3) is 0.381. The second-order valence-electron chi connectivity index (χ2n) is 7.28. The van der Waals surface area contributed by atoms with Gasteiger partial charge in [0.15, 0.2) is 0 Å². The molecule has 0 aliphatic heterocycles. The second-order valence-corrected chi connectivity index (χ2v) is 8.26. The SMILES string of the molecule is CC(C)Cc1ccc(CCNCC(O)c2ccc(O)c3[nH]c(=O)sc23)cc1. The molecule has 6 heteroatoms. The molecular weight excluding hydrogens is 360 g/mol. The summed E-state index contributed by atoms with van der Waals surface area (Å²) < 4.78 is 0.607. The number of benzene rings is 2. The minimum atomic E-state index is -0.743. The van der Waals surface area contributed by atoms with E-state index in [-0.39, 0.29) is 10.6 Å². The maximum Gasteiger partial charge on any atom is 0.305 e. The van der Waals surface area contributed by atoms with E-state index in [1.54, 1.807) is 6.07 Å². The highest BCUT2D eigenvalue weighted by atomic mass is 32.1. The first-order chi connectivity index (χ1) is 12.9. The van der Waals surface area contributed by atoms with Crippen LogP contribution in [-0.4, -0.2) is 28.3 Å². The molecule has 0 radical (unpaired) electrons. The summed E-state index contributed by atoms with van der Waals surface area (Å²) in [5.74, 6) is 0.678. The van der Waals surface area contributed by atoms with Gasteiger partial charge in [0.2, 0.25) is 0 Å². The predicted octanol–water partition coefficient (Wildman–Crippen LogP) is 3.36. The first-order valence-electron chi connectivity index (χ1n) is 9.25. The van der Waals surface area contributed by atoms with Crippen molar-refractivity contribution >= 4 is 21.6 Å². The van der Waals surface area contributed by atoms with Gasteiger partial charge in [-0.2, -0.15) is 0 Å². The third kappa shape index (κ3) is 4.97. The van der Waals surface area contributed by atoms with Crippen LogP contribution in [0.25, 0.3) is 10.2 Å². The Hall–Kier alpha value is -2.15. The molecule has 27 heavy (non-hydrogen) atoms. The molecular formula is C21H26N2O3S. The molecule has 0 fully saturated rings. The van der Waals surface area contributed by atoms with Crippen LogP contribution in [0, 0.1) is 5.92 Å². The van der Waals surface area contributed by atoms with Crippen molar-refractivity contribution in [2.45, 2.75) is 32.8 Å². The molecule has 0 aliphatic carbocycles. The van der Waals surface area contributed by atoms with Crippen LogP contribution < -0.4 is 10.2 Å². The summed E-state index contributed by atoms with van der Waals surface area (Å²) in [6.07, 6.45) is 1.24. The molecule has 0 bridgehead atoms. The van der Waals surface area contributed by atoms with Crippen molar-refractivity contribution in [1.29, 1.82) is 0 Å². The number of aliphatic hydroxyl groups is 1. The number of aliphatic hydroxyl groups excluding tert-OH is 1. The lowest BCUT2D eigenvalue weighted by Crippen LogP contribution is -2.23. The van der Waals surface area contributed by atoms with E-state index in [1.807, 2.05) is 0 Å². The zero-order valence-corrected chi connectivity index (χ0v) is 16.5. The summed E-state index contributed by atoms with van der Waals surface area (Å²) >= 11 is 1.00. The number of aromatic nitrogens is 1. The van der Waals surface area contributed by atoms with E-state index >= 15 is 0 Å². The maximum atomic E-state index is 11.6. The van der Waals surface area contributed by atoms with Crippen molar-refractivity contribution in [3.8, 4) is 5.75 Å². The highest BCUT2D eigenvalue weighted by molar-refractivity contribution is 7.16. The van der Waals surface area contributed by atoms with Gasteiger partial charge in [-0.05, 0) is 42.5 Å². The molecule has 0 aliphatic rings. The van der Waals surface area contributed by atoms with Crippen LogP contribution >= 0.6 is 11.3 Å². The average molecular weight is 387 g/mol. The molecule has 0 spiro atoms. The Morgan fingerprint density at radius 1 is 1.11 bits per heavy atom. The maximum absolute atomic E-state index is 11.6. The standard InChI is InChI=1S/C21H26N2O3S/c1-13(2)11-15-5-3-14(4-6-15)9-10-22-12-18(25)16-7-8-17(24)19-20(16)27-21(26)23-19/h3-8,13,18,22,24-25H,9-12H2,1-2H3,(H,23,26). The van der Waals surface area contributed by atoms with Gasteiger partial charge >= 0.3 is 4.87 Å². The van der Waals surface area contributed by atoms with Crippen molar-refractivity contribution in [2.75, 3.05) is 13.1 Å². The third-order valence-electron chi connectivity index (χ3n) is 4.54. The number of rotatable bonds is 8. The normalized spacial score (nSPS) is 12.7. The summed E-state index contributed by atoms with van der Waals surface area (Å²) in [5.41, 5.74) is 3.67. The molecule has 2 aromatic carbocycles. The molecule has 1 heterocycles. The number of aromatic hydroxyl groups is 1. The zero-order chi connectivity index (χ0) is 19.4. The molecule has 144 valence electrons. The van der Waals surface area contributed by atoms with Crippen molar-refractivity contribution in [2.24, 2.45) is 5.92 Å². The molecule has 0 saturated carbocycles. The minimum Gasteiger partial charge on any atom is -0.506 e. The van der Waals surface area contributed by atoms with Crippen molar-refractivity contribution in [1.82, 2.24) is 10.3 Å². The predicted molar refractivity (Wildman–Crippen MR) is 111 cm³/mol. The summed E-state index contributed by atoms with van der Waals surface area (Å²) in [7, 11) is 0. The van der Waals surface area contributed by atoms with E-state index in [0.717, 1.165) is 30.7 Å². The Balaban J connectivity index is 1.53. The number of thiazole rings is 1. The fourth-order valence-electron chi connectivity index (χ4n) is 3.20. The van der Waals surface area contributed by atoms with Gasteiger partial charge in [0, 0.05) is 12.1 Å². The van der Waals surface area contributed by atoms with Gasteiger partial charge in [-0.25, -0.2) is 0 Å². The van der Waals surface area contributed by atoms with Crippen LogP contribution in [0.4, 0.5) is 0 Å². The fourth-order valence-corrected chi connectivity index (χ4v) is 4.11. The molecule has 3 aromatic rings. The van der Waals surface area contributed by atoms with Crippen LogP contribution in [0.1, 0.15) is 36.6 Å². The molecule has 3 rings (SSSR count). The van der Waals surface area contributed by atoms with Crippen LogP contribution in [0.15, 0.2) is 41.2 Å². The summed E-state index contributed by atoms with van der Waals surface area (Å²) in [6.45, 7) is 5.58. The first-order valence-corrected chi connectivity index (χ1v) is 10.1. The lowest BCUT2D eigenvalue weighted by Gasteiger charge is -2.13. The van der Waals surface area contributed by atoms with Gasteiger partial charge in [0.1, 0.15) is 11.3 Å². The van der Waals surface area contributed by atoms with Crippen molar-refractivity contribution < 1.29 is 10.2 Å². The topological polar surface area (TPSA) is 85.3 Å². The van der Waals surface area contributed by atoms with Gasteiger partial charge in [-0.15, -0.1) is 0 Å². The van der Waals surface area contributed by atoms with Crippen molar-refractivity contribution in [3.63, 3.8) is 0 Å². The Morgan fingerprint density at radius 3 is 2.52 bits per heavy atom. The van der Waals surface area contributed by atoms with Crippen LogP contribution in [0.3, 0.4) is 0 Å². The number of hydrogen-bond donors (Lipinski definition) is 4. The van der Waals surface area contributed by atoms with E-state index in [4.69, 9.17) is 0 Å². The average Bonchev–Trinajstić information content (AvgIpc) is 3.02. The number of nitrogens with one attached hydrogen (secondary N) is 2. The number of phenols is 1. The van der Waals surface area contributed by atoms with Crippen molar-refractivity contribution in [3.05, 3.63) is 62.8 Å². The monoisotopic (exact) mass is 386 g/mol. The van der Waals surface area contributed by atoms with Gasteiger partial charge in [0.05, 0.1) is 10.8 Å². The Bertz CT molecular complexity index is 944. The van der Waals surface area contributed by atoms with E-state index in [9.17, 15) is 15.0 Å². The molecule has 1 unspecified atom stereocenters. The van der Waals surface area contributed by atoms with Gasteiger partial charge in [-0.3, -0.25) is 4.79 Å². The Kier molecular flexibility index (Phi) is 6.31. The van der Waals surface area contributed by atoms with Crippen LogP contribution in [0.5, 0.6) is 5.75 Å². The number of fused-ring (bicyclic) bond motifs is 1. The van der Waals surface area contributed by atoms with E-state index in [0.29, 0.717) is 28.2 Å². The summed E-state index contributed by atoms with van der Waals surface area (Å²) in [4.78, 5) is 13.9. The molecule has 1 atom stereocenters. The number of phenolic OH excluding ortho intramolecular Hbond substituents is 1. The number of hydrogen-bond acceptors (Lipinski definition) is 5. The van der Waals surface area contributed by atoms with Crippen LogP contribution in [-0.2, 0) is 12.8 Å². The van der Waals surface area contributed by atoms with E-state index in [2.05, 4.69) is 48.4 Å². The highest BCUT2D eigenvalue weighted by Crippen LogP contribution is 2.31. The third-order valence-corrected chi connectivity index (χ3v) is 5.47. The molecule has 5 nitrogen and oxygen atoms in total. The lowest BCUT2D eigenvalue weighted by molar-refractivity contribution is 0.176. The van der Waals surface area contributed by atoms with E-state index < -0.39 is 6.10 Å². The Morgan fingerprint density at radius 2 is 1.81 bits per heavy atom. The van der Waals surface area contributed by atoms with Gasteiger partial charge < -0.3 is 20.5 Å². The number of H-pyrrole nitrogens is 1. The minimum absolute atomic E-state index is 0.0215. The Labute approximate surface area is 162 Å².